The molecule has 1 amide bonds. The summed E-state index contributed by atoms with van der Waals surface area (Å²) in [4.78, 5) is 32.1. The van der Waals surface area contributed by atoms with Gasteiger partial charge in [0, 0.05) is 31.0 Å². The number of rotatable bonds is 7. The molecule has 3 heterocycles. The van der Waals surface area contributed by atoms with E-state index >= 15 is 0 Å². The predicted molar refractivity (Wildman–Crippen MR) is 134 cm³/mol. The molecule has 0 spiro atoms. The van der Waals surface area contributed by atoms with Gasteiger partial charge in [0.25, 0.3) is 11.7 Å². The standard InChI is InChI=1S/C28H29N3O5/c1-18(2)19-4-6-20(7-5-19)25-24(26(32)21-8-9-22-23(16-21)36-15-14-35-22)27(33)28(34)31(25)12-3-11-30-13-10-29-17-30/h4-10,13,16-18,25,32H,3,11-12,14-15H2,1-2H3/t25-/m1/s1. The molecule has 0 aliphatic carbocycles. The van der Waals surface area contributed by atoms with Crippen LogP contribution in [-0.2, 0) is 16.1 Å². The lowest BCUT2D eigenvalue weighted by Crippen LogP contribution is -2.31. The summed E-state index contributed by atoms with van der Waals surface area (Å²) >= 11 is 0. The molecule has 3 aromatic rings. The molecule has 8 heteroatoms. The largest absolute Gasteiger partial charge is 0.507 e. The third-order valence-corrected chi connectivity index (χ3v) is 6.65. The van der Waals surface area contributed by atoms with Crippen molar-refractivity contribution in [1.82, 2.24) is 14.5 Å². The highest BCUT2D eigenvalue weighted by Gasteiger charge is 2.45. The number of amides is 1. The number of hydrogen-bond acceptors (Lipinski definition) is 6. The number of nitrogens with zero attached hydrogens (tertiary/aromatic N) is 3. The first-order valence-corrected chi connectivity index (χ1v) is 12.2. The molecule has 2 aliphatic rings. The van der Waals surface area contributed by atoms with Crippen molar-refractivity contribution in [3.63, 3.8) is 0 Å². The molecule has 5 rings (SSSR count). The number of aliphatic hydroxyl groups excluding tert-OH is 1. The van der Waals surface area contributed by atoms with Gasteiger partial charge in [0.05, 0.1) is 17.9 Å². The molecule has 0 radical (unpaired) electrons. The lowest BCUT2D eigenvalue weighted by atomic mass is 9.93. The van der Waals surface area contributed by atoms with Gasteiger partial charge in [-0.05, 0) is 41.7 Å². The zero-order valence-electron chi connectivity index (χ0n) is 20.4. The van der Waals surface area contributed by atoms with Crippen LogP contribution in [0, 0.1) is 0 Å². The van der Waals surface area contributed by atoms with Gasteiger partial charge in [0.1, 0.15) is 19.0 Å². The Labute approximate surface area is 209 Å². The molecular weight excluding hydrogens is 458 g/mol. The number of ketones is 1. The number of benzene rings is 2. The van der Waals surface area contributed by atoms with E-state index in [1.807, 2.05) is 35.0 Å². The molecular formula is C28H29N3O5. The number of imidazole rings is 1. The van der Waals surface area contributed by atoms with E-state index in [1.54, 1.807) is 35.6 Å². The third-order valence-electron chi connectivity index (χ3n) is 6.65. The van der Waals surface area contributed by atoms with Gasteiger partial charge in [-0.3, -0.25) is 9.59 Å². The number of hydrogen-bond donors (Lipinski definition) is 1. The van der Waals surface area contributed by atoms with Crippen molar-refractivity contribution < 1.29 is 24.2 Å². The molecule has 1 saturated heterocycles. The summed E-state index contributed by atoms with van der Waals surface area (Å²) < 4.78 is 13.2. The molecule has 1 N–H and O–H groups in total. The van der Waals surface area contributed by atoms with Crippen molar-refractivity contribution in [2.24, 2.45) is 0 Å². The second kappa shape index (κ2) is 9.89. The van der Waals surface area contributed by atoms with Crippen LogP contribution in [0.25, 0.3) is 5.76 Å². The van der Waals surface area contributed by atoms with Crippen LogP contribution in [0.1, 0.15) is 48.9 Å². The summed E-state index contributed by atoms with van der Waals surface area (Å²) in [5.74, 6) is -0.101. The summed E-state index contributed by atoms with van der Waals surface area (Å²) in [6.07, 6.45) is 5.92. The smallest absolute Gasteiger partial charge is 0.295 e. The normalized spacial score (nSPS) is 18.8. The molecule has 0 unspecified atom stereocenters. The van der Waals surface area contributed by atoms with E-state index in [9.17, 15) is 14.7 Å². The molecule has 1 atom stereocenters. The number of likely N-dealkylation sites (tertiary alicyclic amines) is 1. The highest BCUT2D eigenvalue weighted by molar-refractivity contribution is 6.46. The summed E-state index contributed by atoms with van der Waals surface area (Å²) in [5.41, 5.74) is 2.42. The van der Waals surface area contributed by atoms with E-state index in [-0.39, 0.29) is 11.3 Å². The number of fused-ring (bicyclic) bond motifs is 1. The molecule has 1 fully saturated rings. The monoisotopic (exact) mass is 487 g/mol. The second-order valence-corrected chi connectivity index (χ2v) is 9.33. The molecule has 186 valence electrons. The van der Waals surface area contributed by atoms with Crippen LogP contribution in [0.3, 0.4) is 0 Å². The van der Waals surface area contributed by atoms with Gasteiger partial charge in [-0.2, -0.15) is 0 Å². The zero-order valence-corrected chi connectivity index (χ0v) is 20.4. The highest BCUT2D eigenvalue weighted by atomic mass is 16.6. The molecule has 8 nitrogen and oxygen atoms in total. The minimum atomic E-state index is -0.692. The van der Waals surface area contributed by atoms with Crippen LogP contribution in [0.2, 0.25) is 0 Å². The Balaban J connectivity index is 1.53. The van der Waals surface area contributed by atoms with E-state index in [2.05, 4.69) is 18.8 Å². The number of carbonyl (C=O) groups is 2. The maximum Gasteiger partial charge on any atom is 0.295 e. The lowest BCUT2D eigenvalue weighted by Gasteiger charge is -2.26. The number of aromatic nitrogens is 2. The molecule has 2 aromatic carbocycles. The van der Waals surface area contributed by atoms with Crippen molar-refractivity contribution in [3.8, 4) is 11.5 Å². The third kappa shape index (κ3) is 4.46. The molecule has 1 aromatic heterocycles. The van der Waals surface area contributed by atoms with Gasteiger partial charge >= 0.3 is 0 Å². The Morgan fingerprint density at radius 1 is 1.06 bits per heavy atom. The SMILES string of the molecule is CC(C)c1ccc([C@@H]2C(=C(O)c3ccc4c(c3)OCCO4)C(=O)C(=O)N2CCCn2ccnc2)cc1. The fourth-order valence-electron chi connectivity index (χ4n) is 4.71. The summed E-state index contributed by atoms with van der Waals surface area (Å²) in [6.45, 7) is 6.09. The van der Waals surface area contributed by atoms with Gasteiger partial charge in [-0.1, -0.05) is 38.1 Å². The van der Waals surface area contributed by atoms with Crippen LogP contribution < -0.4 is 9.47 Å². The van der Waals surface area contributed by atoms with Crippen molar-refractivity contribution in [3.05, 3.63) is 83.4 Å². The summed E-state index contributed by atoms with van der Waals surface area (Å²) in [7, 11) is 0. The van der Waals surface area contributed by atoms with Crippen molar-refractivity contribution in [2.45, 2.75) is 38.8 Å². The molecule has 2 aliphatic heterocycles. The van der Waals surface area contributed by atoms with E-state index in [0.29, 0.717) is 55.7 Å². The first kappa shape index (κ1) is 23.7. The number of aryl methyl sites for hydroxylation is 1. The minimum Gasteiger partial charge on any atom is -0.507 e. The van der Waals surface area contributed by atoms with E-state index in [0.717, 1.165) is 11.1 Å². The zero-order chi connectivity index (χ0) is 25.2. The Morgan fingerprint density at radius 3 is 2.50 bits per heavy atom. The Hall–Kier alpha value is -4.07. The van der Waals surface area contributed by atoms with Crippen LogP contribution in [0.15, 0.2) is 66.8 Å². The topological polar surface area (TPSA) is 93.9 Å². The first-order valence-electron chi connectivity index (χ1n) is 12.2. The molecule has 0 saturated carbocycles. The van der Waals surface area contributed by atoms with Crippen LogP contribution in [0.4, 0.5) is 0 Å². The average molecular weight is 488 g/mol. The average Bonchev–Trinajstić information content (AvgIpc) is 3.50. The van der Waals surface area contributed by atoms with Crippen molar-refractivity contribution in [2.75, 3.05) is 19.8 Å². The second-order valence-electron chi connectivity index (χ2n) is 9.33. The number of aliphatic hydroxyl groups is 1. The first-order chi connectivity index (χ1) is 17.4. The maximum atomic E-state index is 13.3. The number of Topliss-reactive ketones (excluding diaryl/α,β-unsaturated/α-hetero) is 1. The van der Waals surface area contributed by atoms with Crippen LogP contribution in [-0.4, -0.2) is 51.0 Å². The summed E-state index contributed by atoms with van der Waals surface area (Å²) in [5, 5.41) is 11.3. The Bertz CT molecular complexity index is 1300. The van der Waals surface area contributed by atoms with Gasteiger partial charge < -0.3 is 24.0 Å². The Morgan fingerprint density at radius 2 is 1.81 bits per heavy atom. The molecule has 36 heavy (non-hydrogen) atoms. The van der Waals surface area contributed by atoms with E-state index in [4.69, 9.17) is 9.47 Å². The van der Waals surface area contributed by atoms with Gasteiger partial charge in [-0.15, -0.1) is 0 Å². The fourth-order valence-corrected chi connectivity index (χ4v) is 4.71. The van der Waals surface area contributed by atoms with Gasteiger partial charge in [0.2, 0.25) is 0 Å². The van der Waals surface area contributed by atoms with Gasteiger partial charge in [0.15, 0.2) is 11.5 Å². The van der Waals surface area contributed by atoms with E-state index < -0.39 is 17.7 Å². The molecule has 0 bridgehead atoms. The fraction of sp³-hybridized carbons (Fsp3) is 0.321. The number of carbonyl (C=O) groups excluding carboxylic acids is 2. The lowest BCUT2D eigenvalue weighted by molar-refractivity contribution is -0.139. The highest BCUT2D eigenvalue weighted by Crippen LogP contribution is 2.41. The quantitative estimate of drug-likeness (QED) is 0.304. The van der Waals surface area contributed by atoms with Crippen molar-refractivity contribution >= 4 is 17.4 Å². The van der Waals surface area contributed by atoms with Crippen LogP contribution >= 0.6 is 0 Å². The summed E-state index contributed by atoms with van der Waals surface area (Å²) in [6, 6.07) is 12.2. The van der Waals surface area contributed by atoms with Gasteiger partial charge in [-0.25, -0.2) is 4.98 Å². The maximum absolute atomic E-state index is 13.3. The minimum absolute atomic E-state index is 0.0802. The van der Waals surface area contributed by atoms with Crippen molar-refractivity contribution in [1.29, 1.82) is 0 Å². The van der Waals surface area contributed by atoms with Crippen LogP contribution in [0.5, 0.6) is 11.5 Å². The predicted octanol–water partition coefficient (Wildman–Crippen LogP) is 4.29. The Kier molecular flexibility index (Phi) is 6.50. The number of ether oxygens (including phenoxy) is 2. The van der Waals surface area contributed by atoms with E-state index in [1.165, 1.54) is 0 Å².